The Morgan fingerprint density at radius 3 is 2.82 bits per heavy atom. The summed E-state index contributed by atoms with van der Waals surface area (Å²) in [5.41, 5.74) is 3.57. The summed E-state index contributed by atoms with van der Waals surface area (Å²) in [4.78, 5) is 2.42. The number of anilines is 1. The minimum atomic E-state index is 0.382. The van der Waals surface area contributed by atoms with E-state index in [1.807, 2.05) is 24.3 Å². The summed E-state index contributed by atoms with van der Waals surface area (Å²) in [5, 5.41) is 5.11. The second-order valence-corrected chi connectivity index (χ2v) is 6.68. The summed E-state index contributed by atoms with van der Waals surface area (Å²) in [7, 11) is 0. The molecule has 1 heterocycles. The van der Waals surface area contributed by atoms with Crippen LogP contribution >= 0.6 is 23.2 Å². The van der Waals surface area contributed by atoms with E-state index in [1.165, 1.54) is 11.1 Å². The number of hydrogen-bond acceptors (Lipinski definition) is 2. The van der Waals surface area contributed by atoms with Gasteiger partial charge in [-0.1, -0.05) is 41.4 Å². The van der Waals surface area contributed by atoms with Crippen molar-refractivity contribution in [3.8, 4) is 0 Å². The molecule has 0 aromatic heterocycles. The molecule has 0 saturated carbocycles. The first kappa shape index (κ1) is 15.7. The van der Waals surface area contributed by atoms with Gasteiger partial charge in [0.25, 0.3) is 0 Å². The molecule has 1 aliphatic rings. The number of aryl methyl sites for hydroxylation is 1. The van der Waals surface area contributed by atoms with E-state index in [1.54, 1.807) is 0 Å². The van der Waals surface area contributed by atoms with Crippen LogP contribution in [0, 0.1) is 6.92 Å². The van der Waals surface area contributed by atoms with E-state index in [0.29, 0.717) is 6.04 Å². The number of rotatable bonds is 3. The molecule has 2 aromatic carbocycles. The van der Waals surface area contributed by atoms with Crippen molar-refractivity contribution in [1.82, 2.24) is 5.32 Å². The molecule has 0 aliphatic carbocycles. The number of nitrogens with one attached hydrogen (secondary N) is 1. The van der Waals surface area contributed by atoms with Gasteiger partial charge >= 0.3 is 0 Å². The third-order valence-corrected chi connectivity index (χ3v) is 4.66. The maximum Gasteiger partial charge on any atom is 0.0642 e. The largest absolute Gasteiger partial charge is 0.364 e. The predicted octanol–water partition coefficient (Wildman–Crippen LogP) is 4.32. The van der Waals surface area contributed by atoms with Crippen LogP contribution in [0.3, 0.4) is 0 Å². The molecule has 1 fully saturated rings. The number of hydrogen-bond donors (Lipinski definition) is 1. The van der Waals surface area contributed by atoms with E-state index in [9.17, 15) is 0 Å². The molecule has 1 unspecified atom stereocenters. The smallest absolute Gasteiger partial charge is 0.0642 e. The molecule has 1 aliphatic heterocycles. The fourth-order valence-corrected chi connectivity index (χ4v) is 3.60. The van der Waals surface area contributed by atoms with Crippen LogP contribution in [0.4, 0.5) is 5.69 Å². The summed E-state index contributed by atoms with van der Waals surface area (Å²) >= 11 is 12.6. The predicted molar refractivity (Wildman–Crippen MR) is 95.3 cm³/mol. The molecule has 1 N–H and O–H groups in total. The average Bonchev–Trinajstić information content (AvgIpc) is 2.48. The van der Waals surface area contributed by atoms with E-state index >= 15 is 0 Å². The zero-order valence-electron chi connectivity index (χ0n) is 12.7. The number of nitrogens with zero attached hydrogens (tertiary/aromatic N) is 1. The van der Waals surface area contributed by atoms with Gasteiger partial charge in [-0.15, -0.1) is 0 Å². The van der Waals surface area contributed by atoms with Crippen molar-refractivity contribution in [2.75, 3.05) is 24.5 Å². The van der Waals surface area contributed by atoms with Crippen molar-refractivity contribution < 1.29 is 0 Å². The van der Waals surface area contributed by atoms with E-state index in [0.717, 1.165) is 41.8 Å². The van der Waals surface area contributed by atoms with Gasteiger partial charge in [-0.25, -0.2) is 0 Å². The van der Waals surface area contributed by atoms with Crippen LogP contribution in [0.15, 0.2) is 42.5 Å². The minimum Gasteiger partial charge on any atom is -0.364 e. The van der Waals surface area contributed by atoms with Gasteiger partial charge in [-0.05, 0) is 48.7 Å². The first-order valence-corrected chi connectivity index (χ1v) is 8.37. The first-order valence-electron chi connectivity index (χ1n) is 7.61. The summed E-state index contributed by atoms with van der Waals surface area (Å²) < 4.78 is 0. The van der Waals surface area contributed by atoms with E-state index < -0.39 is 0 Å². The summed E-state index contributed by atoms with van der Waals surface area (Å²) in [6.07, 6.45) is 0.956. The lowest BCUT2D eigenvalue weighted by Gasteiger charge is -2.38. The molecular formula is C18H20Cl2N2. The van der Waals surface area contributed by atoms with Gasteiger partial charge in [0.1, 0.15) is 0 Å². The van der Waals surface area contributed by atoms with Gasteiger partial charge in [-0.3, -0.25) is 0 Å². The van der Waals surface area contributed by atoms with Crippen LogP contribution in [-0.2, 0) is 6.42 Å². The Hall–Kier alpha value is -1.22. The zero-order chi connectivity index (χ0) is 15.5. The van der Waals surface area contributed by atoms with Crippen molar-refractivity contribution in [3.05, 3.63) is 63.6 Å². The Labute approximate surface area is 142 Å². The van der Waals surface area contributed by atoms with Crippen molar-refractivity contribution in [2.24, 2.45) is 0 Å². The van der Waals surface area contributed by atoms with E-state index in [-0.39, 0.29) is 0 Å². The highest BCUT2D eigenvalue weighted by Gasteiger charge is 2.24. The fourth-order valence-electron chi connectivity index (χ4n) is 3.04. The molecule has 0 spiro atoms. The Balaban J connectivity index is 1.84. The molecular weight excluding hydrogens is 315 g/mol. The molecule has 3 rings (SSSR count). The van der Waals surface area contributed by atoms with Crippen molar-refractivity contribution in [2.45, 2.75) is 19.4 Å². The normalized spacial score (nSPS) is 18.5. The Kier molecular flexibility index (Phi) is 4.92. The van der Waals surface area contributed by atoms with Gasteiger partial charge in [0.05, 0.1) is 10.7 Å². The summed E-state index contributed by atoms with van der Waals surface area (Å²) in [6.45, 7) is 4.97. The molecule has 2 aromatic rings. The molecule has 1 saturated heterocycles. The van der Waals surface area contributed by atoms with Gasteiger partial charge < -0.3 is 10.2 Å². The lowest BCUT2D eigenvalue weighted by atomic mass is 10.0. The van der Waals surface area contributed by atoms with Gasteiger partial charge in [-0.2, -0.15) is 0 Å². The van der Waals surface area contributed by atoms with Crippen molar-refractivity contribution in [3.63, 3.8) is 0 Å². The van der Waals surface area contributed by atoms with E-state index in [2.05, 4.69) is 35.3 Å². The van der Waals surface area contributed by atoms with Crippen LogP contribution < -0.4 is 10.2 Å². The molecule has 2 nitrogen and oxygen atoms in total. The first-order chi connectivity index (χ1) is 10.6. The number of halogens is 2. The molecule has 0 amide bonds. The Morgan fingerprint density at radius 2 is 2.05 bits per heavy atom. The summed E-state index contributed by atoms with van der Waals surface area (Å²) in [5.74, 6) is 0. The summed E-state index contributed by atoms with van der Waals surface area (Å²) in [6, 6.07) is 14.8. The van der Waals surface area contributed by atoms with E-state index in [4.69, 9.17) is 23.2 Å². The number of benzene rings is 2. The second kappa shape index (κ2) is 6.91. The molecule has 116 valence electrons. The monoisotopic (exact) mass is 334 g/mol. The molecule has 0 radical (unpaired) electrons. The maximum absolute atomic E-state index is 6.47. The van der Waals surface area contributed by atoms with Crippen LogP contribution in [0.1, 0.15) is 11.1 Å². The molecule has 22 heavy (non-hydrogen) atoms. The van der Waals surface area contributed by atoms with Crippen molar-refractivity contribution >= 4 is 28.9 Å². The highest BCUT2D eigenvalue weighted by molar-refractivity contribution is 6.33. The quantitative estimate of drug-likeness (QED) is 0.898. The third-order valence-electron chi connectivity index (χ3n) is 4.12. The topological polar surface area (TPSA) is 15.3 Å². The second-order valence-electron chi connectivity index (χ2n) is 5.84. The van der Waals surface area contributed by atoms with Crippen molar-refractivity contribution in [1.29, 1.82) is 0 Å². The van der Waals surface area contributed by atoms with Crippen LogP contribution in [0.25, 0.3) is 0 Å². The highest BCUT2D eigenvalue weighted by Crippen LogP contribution is 2.30. The fraction of sp³-hybridized carbons (Fsp3) is 0.333. The van der Waals surface area contributed by atoms with Crippen LogP contribution in [-0.4, -0.2) is 25.7 Å². The standard InChI is InChI=1S/C18H20Cl2N2/c1-13-5-6-18(17(20)9-13)22-8-7-21-12-16(22)11-14-3-2-4-15(19)10-14/h2-6,9-10,16,21H,7-8,11-12H2,1H3. The van der Waals surface area contributed by atoms with Gasteiger partial charge in [0.2, 0.25) is 0 Å². The maximum atomic E-state index is 6.47. The minimum absolute atomic E-state index is 0.382. The van der Waals surface area contributed by atoms with Gasteiger partial charge in [0.15, 0.2) is 0 Å². The zero-order valence-corrected chi connectivity index (χ0v) is 14.2. The van der Waals surface area contributed by atoms with Crippen LogP contribution in [0.5, 0.6) is 0 Å². The lowest BCUT2D eigenvalue weighted by molar-refractivity contribution is 0.473. The SMILES string of the molecule is Cc1ccc(N2CCNCC2Cc2cccc(Cl)c2)c(Cl)c1. The Morgan fingerprint density at radius 1 is 1.18 bits per heavy atom. The lowest BCUT2D eigenvalue weighted by Crippen LogP contribution is -2.52. The molecule has 0 bridgehead atoms. The molecule has 4 heteroatoms. The molecule has 1 atom stereocenters. The average molecular weight is 335 g/mol. The number of piperazine rings is 1. The van der Waals surface area contributed by atoms with Gasteiger partial charge in [0, 0.05) is 30.7 Å². The van der Waals surface area contributed by atoms with Crippen LogP contribution in [0.2, 0.25) is 10.0 Å². The highest BCUT2D eigenvalue weighted by atomic mass is 35.5. The third kappa shape index (κ3) is 3.57. The Bertz CT molecular complexity index is 657.